The minimum absolute atomic E-state index is 0.00685. The van der Waals surface area contributed by atoms with Gasteiger partial charge in [-0.05, 0) is 0 Å². The normalized spacial score (nSPS) is 9.09. The standard InChI is InChI=1S/C5H4N2O4/c8-2-3-4(1-6-7-3)11-5(9)10/h1-2H,(H,6,7)(H,9,10). The van der Waals surface area contributed by atoms with E-state index in [-0.39, 0.29) is 11.4 Å². The number of nitrogens with one attached hydrogen (secondary N) is 1. The highest BCUT2D eigenvalue weighted by Gasteiger charge is 2.08. The zero-order chi connectivity index (χ0) is 8.27. The van der Waals surface area contributed by atoms with E-state index in [4.69, 9.17) is 5.11 Å². The molecule has 1 aromatic rings. The third kappa shape index (κ3) is 1.54. The number of carboxylic acid groups (broad SMARTS) is 1. The van der Waals surface area contributed by atoms with Crippen LogP contribution < -0.4 is 4.74 Å². The van der Waals surface area contributed by atoms with Gasteiger partial charge in [-0.25, -0.2) is 4.79 Å². The van der Waals surface area contributed by atoms with E-state index >= 15 is 0 Å². The van der Waals surface area contributed by atoms with Crippen LogP contribution >= 0.6 is 0 Å². The first-order valence-corrected chi connectivity index (χ1v) is 2.63. The van der Waals surface area contributed by atoms with Crippen LogP contribution in [-0.4, -0.2) is 27.7 Å². The summed E-state index contributed by atoms with van der Waals surface area (Å²) in [5.41, 5.74) is 0.00685. The predicted octanol–water partition coefficient (Wildman–Crippen LogP) is 0.279. The fourth-order valence-corrected chi connectivity index (χ4v) is 0.545. The fourth-order valence-electron chi connectivity index (χ4n) is 0.545. The zero-order valence-corrected chi connectivity index (χ0v) is 5.27. The maximum Gasteiger partial charge on any atom is 0.511 e. The molecule has 0 saturated carbocycles. The first kappa shape index (κ1) is 7.26. The van der Waals surface area contributed by atoms with E-state index in [1.165, 1.54) is 0 Å². The number of H-pyrrole nitrogens is 1. The van der Waals surface area contributed by atoms with E-state index in [9.17, 15) is 9.59 Å². The van der Waals surface area contributed by atoms with Crippen molar-refractivity contribution in [3.63, 3.8) is 0 Å². The number of aromatic nitrogens is 2. The van der Waals surface area contributed by atoms with E-state index in [1.807, 2.05) is 0 Å². The van der Waals surface area contributed by atoms with Crippen LogP contribution in [0.25, 0.3) is 0 Å². The lowest BCUT2D eigenvalue weighted by molar-refractivity contribution is 0.111. The summed E-state index contributed by atoms with van der Waals surface area (Å²) in [7, 11) is 0. The van der Waals surface area contributed by atoms with Crippen LogP contribution in [0.15, 0.2) is 6.20 Å². The van der Waals surface area contributed by atoms with Crippen LogP contribution in [0.3, 0.4) is 0 Å². The van der Waals surface area contributed by atoms with Gasteiger partial charge in [-0.1, -0.05) is 0 Å². The first-order valence-electron chi connectivity index (χ1n) is 2.63. The Morgan fingerprint density at radius 1 is 1.82 bits per heavy atom. The molecule has 11 heavy (non-hydrogen) atoms. The number of rotatable bonds is 2. The Morgan fingerprint density at radius 3 is 3.09 bits per heavy atom. The topological polar surface area (TPSA) is 92.3 Å². The van der Waals surface area contributed by atoms with Crippen molar-refractivity contribution in [1.82, 2.24) is 10.2 Å². The SMILES string of the molecule is O=Cc1[nH]ncc1OC(=O)O. The number of carbonyl (C=O) groups is 2. The highest BCUT2D eigenvalue weighted by atomic mass is 16.7. The minimum atomic E-state index is -1.48. The van der Waals surface area contributed by atoms with Crippen molar-refractivity contribution in [2.75, 3.05) is 0 Å². The quantitative estimate of drug-likeness (QED) is 0.473. The van der Waals surface area contributed by atoms with Gasteiger partial charge < -0.3 is 9.84 Å². The average Bonchev–Trinajstić information content (AvgIpc) is 2.34. The Bertz CT molecular complexity index is 280. The maximum atomic E-state index is 10.1. The number of hydrogen-bond donors (Lipinski definition) is 2. The number of hydrogen-bond acceptors (Lipinski definition) is 4. The number of aromatic amines is 1. The summed E-state index contributed by atoms with van der Waals surface area (Å²) in [6.07, 6.45) is 0.0536. The van der Waals surface area contributed by atoms with Gasteiger partial charge in [0.05, 0.1) is 6.20 Å². The van der Waals surface area contributed by atoms with Crippen LogP contribution in [0.2, 0.25) is 0 Å². The molecule has 0 radical (unpaired) electrons. The van der Waals surface area contributed by atoms with E-state index in [1.54, 1.807) is 0 Å². The lowest BCUT2D eigenvalue weighted by Gasteiger charge is -1.92. The molecule has 2 N–H and O–H groups in total. The van der Waals surface area contributed by atoms with Gasteiger partial charge in [-0.2, -0.15) is 5.10 Å². The monoisotopic (exact) mass is 156 g/mol. The van der Waals surface area contributed by atoms with Gasteiger partial charge in [0.2, 0.25) is 0 Å². The molecule has 0 fully saturated rings. The molecule has 1 rings (SSSR count). The van der Waals surface area contributed by atoms with E-state index < -0.39 is 6.16 Å². The lowest BCUT2D eigenvalue weighted by Crippen LogP contribution is -2.03. The Hall–Kier alpha value is -1.85. The molecule has 0 aliphatic heterocycles. The molecular formula is C5H4N2O4. The maximum absolute atomic E-state index is 10.1. The number of carbonyl (C=O) groups excluding carboxylic acids is 1. The first-order chi connectivity index (χ1) is 5.24. The minimum Gasteiger partial charge on any atom is -0.449 e. The second-order valence-electron chi connectivity index (χ2n) is 1.63. The smallest absolute Gasteiger partial charge is 0.449 e. The Labute approximate surface area is 60.8 Å². The highest BCUT2D eigenvalue weighted by molar-refractivity contribution is 5.77. The molecule has 0 aliphatic rings. The largest absolute Gasteiger partial charge is 0.511 e. The van der Waals surface area contributed by atoms with E-state index in [0.717, 1.165) is 6.20 Å². The average molecular weight is 156 g/mol. The van der Waals surface area contributed by atoms with Gasteiger partial charge in [-0.3, -0.25) is 9.89 Å². The van der Waals surface area contributed by atoms with E-state index in [2.05, 4.69) is 14.9 Å². The van der Waals surface area contributed by atoms with Gasteiger partial charge >= 0.3 is 6.16 Å². The summed E-state index contributed by atoms with van der Waals surface area (Å²) in [6, 6.07) is 0. The summed E-state index contributed by atoms with van der Waals surface area (Å²) in [4.78, 5) is 20.1. The molecule has 6 nitrogen and oxygen atoms in total. The zero-order valence-electron chi connectivity index (χ0n) is 5.27. The van der Waals surface area contributed by atoms with Crippen molar-refractivity contribution in [3.8, 4) is 5.75 Å². The molecule has 6 heteroatoms. The van der Waals surface area contributed by atoms with Crippen molar-refractivity contribution in [2.45, 2.75) is 0 Å². The fraction of sp³-hybridized carbons (Fsp3) is 0. The van der Waals surface area contributed by atoms with Gasteiger partial charge in [0.1, 0.15) is 5.69 Å². The number of aldehydes is 1. The summed E-state index contributed by atoms with van der Waals surface area (Å²) < 4.78 is 4.17. The summed E-state index contributed by atoms with van der Waals surface area (Å²) in [5, 5.41) is 13.8. The van der Waals surface area contributed by atoms with Crippen molar-refractivity contribution in [2.24, 2.45) is 0 Å². The molecule has 0 aromatic carbocycles. The van der Waals surface area contributed by atoms with Crippen molar-refractivity contribution >= 4 is 12.4 Å². The second-order valence-corrected chi connectivity index (χ2v) is 1.63. The van der Waals surface area contributed by atoms with Crippen LogP contribution in [0, 0.1) is 0 Å². The van der Waals surface area contributed by atoms with Crippen molar-refractivity contribution in [3.05, 3.63) is 11.9 Å². The van der Waals surface area contributed by atoms with Crippen LogP contribution in [0.1, 0.15) is 10.5 Å². The molecule has 1 aromatic heterocycles. The van der Waals surface area contributed by atoms with E-state index in [0.29, 0.717) is 6.29 Å². The van der Waals surface area contributed by atoms with Crippen LogP contribution in [0.5, 0.6) is 5.75 Å². The van der Waals surface area contributed by atoms with Gasteiger partial charge in [0.25, 0.3) is 0 Å². The van der Waals surface area contributed by atoms with Crippen LogP contribution in [-0.2, 0) is 0 Å². The summed E-state index contributed by atoms with van der Waals surface area (Å²) in [5.74, 6) is -0.0903. The molecule has 0 spiro atoms. The van der Waals surface area contributed by atoms with Gasteiger partial charge in [-0.15, -0.1) is 0 Å². The van der Waals surface area contributed by atoms with Crippen molar-refractivity contribution < 1.29 is 19.4 Å². The Kier molecular flexibility index (Phi) is 1.86. The predicted molar refractivity (Wildman–Crippen MR) is 32.6 cm³/mol. The third-order valence-corrected chi connectivity index (χ3v) is 0.947. The summed E-state index contributed by atoms with van der Waals surface area (Å²) in [6.45, 7) is 0. The van der Waals surface area contributed by atoms with Crippen LogP contribution in [0.4, 0.5) is 4.79 Å². The lowest BCUT2D eigenvalue weighted by atomic mass is 10.4. The molecule has 0 bridgehead atoms. The highest BCUT2D eigenvalue weighted by Crippen LogP contribution is 2.11. The number of ether oxygens (including phenoxy) is 1. The van der Waals surface area contributed by atoms with Crippen molar-refractivity contribution in [1.29, 1.82) is 0 Å². The molecule has 0 unspecified atom stereocenters. The van der Waals surface area contributed by atoms with Gasteiger partial charge in [0.15, 0.2) is 12.0 Å². The molecular weight excluding hydrogens is 152 g/mol. The molecule has 0 aliphatic carbocycles. The third-order valence-electron chi connectivity index (χ3n) is 0.947. The Morgan fingerprint density at radius 2 is 2.55 bits per heavy atom. The molecule has 0 saturated heterocycles. The molecule has 0 amide bonds. The van der Waals surface area contributed by atoms with Gasteiger partial charge in [0, 0.05) is 0 Å². The Balaban J connectivity index is 2.84. The molecule has 1 heterocycles. The summed E-state index contributed by atoms with van der Waals surface area (Å²) >= 11 is 0. The molecule has 58 valence electrons. The molecule has 0 atom stereocenters. The number of nitrogens with zero attached hydrogens (tertiary/aromatic N) is 1. The second kappa shape index (κ2) is 2.82.